The third-order valence-electron chi connectivity index (χ3n) is 4.08. The zero-order chi connectivity index (χ0) is 19.3. The van der Waals surface area contributed by atoms with Crippen molar-refractivity contribution in [2.45, 2.75) is 19.1 Å². The van der Waals surface area contributed by atoms with Crippen molar-refractivity contribution in [3.63, 3.8) is 0 Å². The number of hydrogen-bond acceptors (Lipinski definition) is 5. The summed E-state index contributed by atoms with van der Waals surface area (Å²) in [4.78, 5) is 12.1. The minimum absolute atomic E-state index is 0.00641. The molecule has 1 N–H and O–H groups in total. The number of ether oxygens (including phenoxy) is 1. The van der Waals surface area contributed by atoms with Crippen LogP contribution in [-0.2, 0) is 0 Å². The Morgan fingerprint density at radius 2 is 1.85 bits per heavy atom. The van der Waals surface area contributed by atoms with Crippen molar-refractivity contribution in [3.8, 4) is 5.75 Å². The number of halogens is 2. The van der Waals surface area contributed by atoms with Crippen LogP contribution in [0.3, 0.4) is 0 Å². The van der Waals surface area contributed by atoms with E-state index in [1.807, 2.05) is 31.0 Å². The van der Waals surface area contributed by atoms with Crippen LogP contribution < -0.4 is 4.74 Å². The molecule has 0 saturated carbocycles. The fourth-order valence-electron chi connectivity index (χ4n) is 2.43. The van der Waals surface area contributed by atoms with E-state index < -0.39 is 11.0 Å². The van der Waals surface area contributed by atoms with Gasteiger partial charge in [0, 0.05) is 24.7 Å². The monoisotopic (exact) mass is 398 g/mol. The summed E-state index contributed by atoms with van der Waals surface area (Å²) in [6.45, 7) is 2.47. The topological polar surface area (TPSA) is 75.8 Å². The van der Waals surface area contributed by atoms with E-state index in [-0.39, 0.29) is 18.3 Å². The lowest BCUT2D eigenvalue weighted by molar-refractivity contribution is -0.384. The number of non-ortho nitro benzene ring substituents is 1. The molecule has 0 aliphatic rings. The Kier molecular flexibility index (Phi) is 7.23. The Hall–Kier alpha value is -1.86. The van der Waals surface area contributed by atoms with Gasteiger partial charge in [0.15, 0.2) is 0 Å². The van der Waals surface area contributed by atoms with Gasteiger partial charge in [-0.2, -0.15) is 0 Å². The number of likely N-dealkylation sites (N-methyl/N-ethyl adjacent to an activating group) is 1. The van der Waals surface area contributed by atoms with Crippen LogP contribution in [0.1, 0.15) is 18.5 Å². The van der Waals surface area contributed by atoms with Crippen LogP contribution in [0.5, 0.6) is 5.75 Å². The highest BCUT2D eigenvalue weighted by Gasteiger charge is 2.17. The number of rotatable bonds is 8. The van der Waals surface area contributed by atoms with Crippen molar-refractivity contribution in [3.05, 3.63) is 68.2 Å². The third-order valence-corrected chi connectivity index (χ3v) is 4.81. The van der Waals surface area contributed by atoms with Gasteiger partial charge >= 0.3 is 0 Å². The van der Waals surface area contributed by atoms with Crippen LogP contribution in [0.4, 0.5) is 5.69 Å². The number of nitro benzene ring substituents is 1. The van der Waals surface area contributed by atoms with Crippen LogP contribution in [0.2, 0.25) is 10.0 Å². The van der Waals surface area contributed by atoms with Crippen molar-refractivity contribution in [2.24, 2.45) is 0 Å². The molecule has 0 aromatic heterocycles. The maximum Gasteiger partial charge on any atom is 0.269 e. The number of hydrogen-bond donors (Lipinski definition) is 1. The van der Waals surface area contributed by atoms with Crippen molar-refractivity contribution in [1.82, 2.24) is 4.90 Å². The largest absolute Gasteiger partial charge is 0.491 e. The van der Waals surface area contributed by atoms with Gasteiger partial charge in [0.2, 0.25) is 0 Å². The van der Waals surface area contributed by atoms with E-state index in [1.54, 1.807) is 6.07 Å². The second kappa shape index (κ2) is 9.19. The molecule has 2 unspecified atom stereocenters. The molecule has 2 rings (SSSR count). The van der Waals surface area contributed by atoms with Crippen LogP contribution in [0, 0.1) is 10.1 Å². The SMILES string of the molecule is CC(c1ccc(Cl)c(Cl)c1)N(C)CC(O)COc1ccc([N+](=O)[O-])cc1. The molecule has 0 spiro atoms. The van der Waals surface area contributed by atoms with E-state index >= 15 is 0 Å². The Morgan fingerprint density at radius 3 is 2.42 bits per heavy atom. The summed E-state index contributed by atoms with van der Waals surface area (Å²) in [5.41, 5.74) is 0.985. The number of nitrogens with zero attached hydrogens (tertiary/aromatic N) is 2. The summed E-state index contributed by atoms with van der Waals surface area (Å²) in [6.07, 6.45) is -0.722. The Balaban J connectivity index is 1.86. The van der Waals surface area contributed by atoms with E-state index in [0.29, 0.717) is 22.3 Å². The van der Waals surface area contributed by atoms with Gasteiger partial charge in [-0.25, -0.2) is 0 Å². The van der Waals surface area contributed by atoms with Crippen molar-refractivity contribution >= 4 is 28.9 Å². The summed E-state index contributed by atoms with van der Waals surface area (Å²) in [5, 5.41) is 21.8. The van der Waals surface area contributed by atoms with Crippen LogP contribution in [-0.4, -0.2) is 41.2 Å². The average Bonchev–Trinajstić information content (AvgIpc) is 2.62. The molecule has 0 aliphatic heterocycles. The number of aliphatic hydroxyl groups is 1. The quantitative estimate of drug-likeness (QED) is 0.528. The molecule has 0 fully saturated rings. The highest BCUT2D eigenvalue weighted by atomic mass is 35.5. The zero-order valence-corrected chi connectivity index (χ0v) is 15.9. The van der Waals surface area contributed by atoms with Crippen LogP contribution in [0.15, 0.2) is 42.5 Å². The van der Waals surface area contributed by atoms with Gasteiger partial charge in [-0.1, -0.05) is 29.3 Å². The van der Waals surface area contributed by atoms with E-state index in [0.717, 1.165) is 5.56 Å². The molecule has 0 amide bonds. The highest BCUT2D eigenvalue weighted by Crippen LogP contribution is 2.27. The molecule has 8 heteroatoms. The first-order valence-electron chi connectivity index (χ1n) is 7.98. The lowest BCUT2D eigenvalue weighted by atomic mass is 10.1. The lowest BCUT2D eigenvalue weighted by Gasteiger charge is -2.27. The molecule has 2 aromatic rings. The minimum atomic E-state index is -0.722. The van der Waals surface area contributed by atoms with Crippen LogP contribution in [0.25, 0.3) is 0 Å². The number of aliphatic hydroxyl groups excluding tert-OH is 1. The Bertz CT molecular complexity index is 755. The van der Waals surface area contributed by atoms with Gasteiger partial charge in [-0.15, -0.1) is 0 Å². The second-order valence-corrected chi connectivity index (χ2v) is 6.82. The van der Waals surface area contributed by atoms with Gasteiger partial charge in [0.05, 0.1) is 15.0 Å². The van der Waals surface area contributed by atoms with Gasteiger partial charge in [0.25, 0.3) is 5.69 Å². The maximum atomic E-state index is 10.6. The molecule has 0 radical (unpaired) electrons. The fraction of sp³-hybridized carbons (Fsp3) is 0.333. The fourth-order valence-corrected chi connectivity index (χ4v) is 2.73. The van der Waals surface area contributed by atoms with Gasteiger partial charge in [-0.05, 0) is 43.8 Å². The molecule has 0 heterocycles. The smallest absolute Gasteiger partial charge is 0.269 e. The van der Waals surface area contributed by atoms with Crippen molar-refractivity contribution < 1.29 is 14.8 Å². The predicted octanol–water partition coefficient (Wildman–Crippen LogP) is 4.33. The molecule has 2 atom stereocenters. The lowest BCUT2D eigenvalue weighted by Crippen LogP contribution is -2.34. The van der Waals surface area contributed by atoms with Crippen molar-refractivity contribution in [2.75, 3.05) is 20.2 Å². The highest BCUT2D eigenvalue weighted by molar-refractivity contribution is 6.42. The standard InChI is InChI=1S/C18H20Cl2N2O4/c1-12(13-3-8-17(19)18(20)9-13)21(2)10-15(23)11-26-16-6-4-14(5-7-16)22(24)25/h3-9,12,15,23H,10-11H2,1-2H3. The summed E-state index contributed by atoms with van der Waals surface area (Å²) in [6, 6.07) is 11.2. The maximum absolute atomic E-state index is 10.6. The molecule has 26 heavy (non-hydrogen) atoms. The molecule has 0 aliphatic carbocycles. The predicted molar refractivity (Wildman–Crippen MR) is 102 cm³/mol. The normalized spacial score (nSPS) is 13.5. The molecular formula is C18H20Cl2N2O4. The minimum Gasteiger partial charge on any atom is -0.491 e. The molecule has 0 saturated heterocycles. The van der Waals surface area contributed by atoms with E-state index in [9.17, 15) is 15.2 Å². The number of benzene rings is 2. The van der Waals surface area contributed by atoms with Gasteiger partial charge in [-0.3, -0.25) is 15.0 Å². The van der Waals surface area contributed by atoms with E-state index in [1.165, 1.54) is 24.3 Å². The third kappa shape index (κ3) is 5.57. The average molecular weight is 399 g/mol. The summed E-state index contributed by atoms with van der Waals surface area (Å²) < 4.78 is 5.49. The number of nitro groups is 1. The zero-order valence-electron chi connectivity index (χ0n) is 14.4. The molecule has 0 bridgehead atoms. The first-order valence-corrected chi connectivity index (χ1v) is 8.74. The summed E-state index contributed by atoms with van der Waals surface area (Å²) >= 11 is 12.0. The van der Waals surface area contributed by atoms with E-state index in [4.69, 9.17) is 27.9 Å². The first kappa shape index (κ1) is 20.5. The summed E-state index contributed by atoms with van der Waals surface area (Å²) in [5.74, 6) is 0.467. The first-order chi connectivity index (χ1) is 12.3. The molecular weight excluding hydrogens is 379 g/mol. The second-order valence-electron chi connectivity index (χ2n) is 6.00. The van der Waals surface area contributed by atoms with Crippen molar-refractivity contribution in [1.29, 1.82) is 0 Å². The Morgan fingerprint density at radius 1 is 1.19 bits per heavy atom. The van der Waals surface area contributed by atoms with Gasteiger partial charge < -0.3 is 9.84 Å². The molecule has 140 valence electrons. The molecule has 2 aromatic carbocycles. The van der Waals surface area contributed by atoms with Gasteiger partial charge in [0.1, 0.15) is 18.5 Å². The molecule has 6 nitrogen and oxygen atoms in total. The van der Waals surface area contributed by atoms with E-state index in [2.05, 4.69) is 0 Å². The summed E-state index contributed by atoms with van der Waals surface area (Å²) in [7, 11) is 1.89. The Labute approximate surface area is 162 Å². The van der Waals surface area contributed by atoms with Crippen LogP contribution >= 0.6 is 23.2 Å².